The fourth-order valence-electron chi connectivity index (χ4n) is 2.39. The molecule has 2 aromatic carbocycles. The number of ether oxygens (including phenoxy) is 3. The second-order valence-electron chi connectivity index (χ2n) is 5.49. The molecule has 0 saturated carbocycles. The maximum Gasteiger partial charge on any atom is 0.123 e. The van der Waals surface area contributed by atoms with E-state index in [4.69, 9.17) is 14.2 Å². The highest BCUT2D eigenvalue weighted by Gasteiger charge is 2.29. The number of halogens is 2. The summed E-state index contributed by atoms with van der Waals surface area (Å²) >= 11 is 0. The normalized spacial score (nSPS) is 20.8. The topological polar surface area (TPSA) is 27.7 Å². The van der Waals surface area contributed by atoms with E-state index in [-0.39, 0.29) is 23.8 Å². The maximum absolute atomic E-state index is 12.9. The first kappa shape index (κ1) is 16.1. The molecule has 0 aliphatic carbocycles. The highest BCUT2D eigenvalue weighted by Crippen LogP contribution is 2.18. The van der Waals surface area contributed by atoms with Gasteiger partial charge in [-0.25, -0.2) is 8.78 Å². The van der Waals surface area contributed by atoms with Gasteiger partial charge >= 0.3 is 0 Å². The van der Waals surface area contributed by atoms with Gasteiger partial charge in [0, 0.05) is 0 Å². The fourth-order valence-corrected chi connectivity index (χ4v) is 2.39. The van der Waals surface area contributed by atoms with Gasteiger partial charge in [0.25, 0.3) is 0 Å². The van der Waals surface area contributed by atoms with Gasteiger partial charge in [0.2, 0.25) is 0 Å². The second kappa shape index (κ2) is 7.64. The van der Waals surface area contributed by atoms with Crippen LogP contribution in [-0.4, -0.2) is 25.4 Å². The molecule has 0 bridgehead atoms. The average Bonchev–Trinajstić information content (AvgIpc) is 3.01. The minimum atomic E-state index is -0.265. The van der Waals surface area contributed by atoms with E-state index in [2.05, 4.69) is 0 Å². The largest absolute Gasteiger partial charge is 0.376 e. The van der Waals surface area contributed by atoms with Crippen molar-refractivity contribution in [3.05, 3.63) is 71.3 Å². The molecule has 3 rings (SSSR count). The number of hydrogen-bond acceptors (Lipinski definition) is 3. The standard InChI is InChI=1S/C18H18F2O3/c19-15-5-1-13(2-6-15)9-22-17-11-21-12-18(17)23-10-14-3-7-16(20)8-4-14/h1-8,17-18H,9-12H2/t17-,18-/m0/s1. The summed E-state index contributed by atoms with van der Waals surface area (Å²) in [5.74, 6) is -0.531. The molecule has 2 aromatic rings. The van der Waals surface area contributed by atoms with Gasteiger partial charge in [0.05, 0.1) is 26.4 Å². The van der Waals surface area contributed by atoms with Crippen LogP contribution in [0.25, 0.3) is 0 Å². The minimum Gasteiger partial charge on any atom is -0.376 e. The zero-order valence-corrected chi connectivity index (χ0v) is 12.6. The third-order valence-electron chi connectivity index (χ3n) is 3.73. The third-order valence-corrected chi connectivity index (χ3v) is 3.73. The van der Waals surface area contributed by atoms with Crippen molar-refractivity contribution in [1.82, 2.24) is 0 Å². The summed E-state index contributed by atoms with van der Waals surface area (Å²) in [5.41, 5.74) is 1.80. The molecule has 5 heteroatoms. The first-order valence-corrected chi connectivity index (χ1v) is 7.50. The van der Waals surface area contributed by atoms with Crippen molar-refractivity contribution in [1.29, 1.82) is 0 Å². The van der Waals surface area contributed by atoms with Crippen molar-refractivity contribution < 1.29 is 23.0 Å². The molecule has 0 radical (unpaired) electrons. The van der Waals surface area contributed by atoms with Crippen LogP contribution in [0.3, 0.4) is 0 Å². The van der Waals surface area contributed by atoms with E-state index < -0.39 is 0 Å². The van der Waals surface area contributed by atoms with Crippen LogP contribution in [0.1, 0.15) is 11.1 Å². The van der Waals surface area contributed by atoms with Crippen LogP contribution < -0.4 is 0 Å². The first-order valence-electron chi connectivity index (χ1n) is 7.50. The SMILES string of the molecule is Fc1ccc(CO[C@H]2COC[C@@H]2OCc2ccc(F)cc2)cc1. The molecule has 2 atom stereocenters. The predicted octanol–water partition coefficient (Wildman–Crippen LogP) is 3.47. The zero-order chi connectivity index (χ0) is 16.1. The molecule has 1 fully saturated rings. The van der Waals surface area contributed by atoms with Crippen LogP contribution in [0.2, 0.25) is 0 Å². The molecule has 0 spiro atoms. The van der Waals surface area contributed by atoms with Crippen LogP contribution in [0.15, 0.2) is 48.5 Å². The Morgan fingerprint density at radius 1 is 0.739 bits per heavy atom. The third kappa shape index (κ3) is 4.58. The highest BCUT2D eigenvalue weighted by atomic mass is 19.1. The minimum absolute atomic E-state index is 0.166. The lowest BCUT2D eigenvalue weighted by atomic mass is 10.2. The van der Waals surface area contributed by atoms with E-state index in [0.717, 1.165) is 11.1 Å². The monoisotopic (exact) mass is 320 g/mol. The van der Waals surface area contributed by atoms with Crippen LogP contribution in [0.5, 0.6) is 0 Å². The van der Waals surface area contributed by atoms with E-state index in [9.17, 15) is 8.78 Å². The summed E-state index contributed by atoms with van der Waals surface area (Å²) in [7, 11) is 0. The van der Waals surface area contributed by atoms with Crippen LogP contribution >= 0.6 is 0 Å². The lowest BCUT2D eigenvalue weighted by Gasteiger charge is -2.19. The summed E-state index contributed by atoms with van der Waals surface area (Å²) in [5, 5.41) is 0. The van der Waals surface area contributed by atoms with E-state index >= 15 is 0 Å². The molecular formula is C18H18F2O3. The maximum atomic E-state index is 12.9. The predicted molar refractivity (Wildman–Crippen MR) is 80.8 cm³/mol. The summed E-state index contributed by atoms with van der Waals surface area (Å²) in [6.07, 6.45) is -0.332. The smallest absolute Gasteiger partial charge is 0.123 e. The molecule has 0 amide bonds. The number of benzene rings is 2. The number of rotatable bonds is 6. The van der Waals surface area contributed by atoms with Crippen molar-refractivity contribution in [3.63, 3.8) is 0 Å². The van der Waals surface area contributed by atoms with Gasteiger partial charge < -0.3 is 14.2 Å². The van der Waals surface area contributed by atoms with Crippen molar-refractivity contribution in [2.75, 3.05) is 13.2 Å². The van der Waals surface area contributed by atoms with Crippen molar-refractivity contribution in [3.8, 4) is 0 Å². The van der Waals surface area contributed by atoms with Gasteiger partial charge in [-0.3, -0.25) is 0 Å². The Morgan fingerprint density at radius 3 is 1.52 bits per heavy atom. The van der Waals surface area contributed by atoms with Crippen LogP contribution in [0, 0.1) is 11.6 Å². The van der Waals surface area contributed by atoms with Gasteiger partial charge in [-0.15, -0.1) is 0 Å². The van der Waals surface area contributed by atoms with Crippen LogP contribution in [0.4, 0.5) is 8.78 Å². The molecule has 122 valence electrons. The Bertz CT molecular complexity index is 558. The fraction of sp³-hybridized carbons (Fsp3) is 0.333. The average molecular weight is 320 g/mol. The summed E-state index contributed by atoms with van der Waals surface area (Å²) < 4.78 is 42.8. The first-order chi connectivity index (χ1) is 11.2. The quantitative estimate of drug-likeness (QED) is 0.816. The lowest BCUT2D eigenvalue weighted by molar-refractivity contribution is -0.0591. The molecule has 0 N–H and O–H groups in total. The van der Waals surface area contributed by atoms with E-state index in [0.29, 0.717) is 26.4 Å². The molecule has 0 aromatic heterocycles. The Kier molecular flexibility index (Phi) is 5.33. The second-order valence-corrected chi connectivity index (χ2v) is 5.49. The van der Waals surface area contributed by atoms with Gasteiger partial charge in [-0.2, -0.15) is 0 Å². The Morgan fingerprint density at radius 2 is 1.13 bits per heavy atom. The van der Waals surface area contributed by atoms with Crippen LogP contribution in [-0.2, 0) is 27.4 Å². The summed E-state index contributed by atoms with van der Waals surface area (Å²) in [6, 6.07) is 12.4. The van der Waals surface area contributed by atoms with Gasteiger partial charge in [-0.05, 0) is 35.4 Å². The highest BCUT2D eigenvalue weighted by molar-refractivity contribution is 5.16. The number of hydrogen-bond donors (Lipinski definition) is 0. The molecule has 1 aliphatic heterocycles. The molecule has 23 heavy (non-hydrogen) atoms. The Hall–Kier alpha value is -1.82. The van der Waals surface area contributed by atoms with E-state index in [1.807, 2.05) is 0 Å². The van der Waals surface area contributed by atoms with Gasteiger partial charge in [0.15, 0.2) is 0 Å². The summed E-state index contributed by atoms with van der Waals surface area (Å²) in [4.78, 5) is 0. The molecule has 1 aliphatic rings. The Balaban J connectivity index is 1.49. The zero-order valence-electron chi connectivity index (χ0n) is 12.6. The molecule has 1 saturated heterocycles. The van der Waals surface area contributed by atoms with E-state index in [1.165, 1.54) is 24.3 Å². The Labute approximate surface area is 133 Å². The molecule has 1 heterocycles. The molecule has 3 nitrogen and oxygen atoms in total. The molecule has 0 unspecified atom stereocenters. The van der Waals surface area contributed by atoms with Crippen molar-refractivity contribution >= 4 is 0 Å². The molecular weight excluding hydrogens is 302 g/mol. The lowest BCUT2D eigenvalue weighted by Crippen LogP contribution is -2.29. The van der Waals surface area contributed by atoms with Crippen molar-refractivity contribution in [2.24, 2.45) is 0 Å². The van der Waals surface area contributed by atoms with Gasteiger partial charge in [0.1, 0.15) is 23.8 Å². The summed E-state index contributed by atoms with van der Waals surface area (Å²) in [6.45, 7) is 1.69. The van der Waals surface area contributed by atoms with Gasteiger partial charge in [-0.1, -0.05) is 24.3 Å². The van der Waals surface area contributed by atoms with E-state index in [1.54, 1.807) is 24.3 Å². The van der Waals surface area contributed by atoms with Crippen molar-refractivity contribution in [2.45, 2.75) is 25.4 Å².